The number of carbonyl (C=O) groups is 2. The summed E-state index contributed by atoms with van der Waals surface area (Å²) in [6.07, 6.45) is 5.33. The van der Waals surface area contributed by atoms with E-state index in [4.69, 9.17) is 5.73 Å². The number of piperidine rings is 1. The Morgan fingerprint density at radius 1 is 1.29 bits per heavy atom. The first-order valence-electron chi connectivity index (χ1n) is 7.32. The molecule has 21 heavy (non-hydrogen) atoms. The number of hydrogen-bond donors (Lipinski definition) is 2. The standard InChI is InChI=1S/C13H22N6O2/c14-8-11-9-19(17-16-11)10-12(20)15-5-4-13(21)18-6-2-1-3-7-18/h9H,1-8,10,14H2,(H,15,20). The Hall–Kier alpha value is -1.96. The van der Waals surface area contributed by atoms with E-state index in [1.165, 1.54) is 11.1 Å². The highest BCUT2D eigenvalue weighted by Gasteiger charge is 2.16. The lowest BCUT2D eigenvalue weighted by molar-refractivity contribution is -0.132. The average molecular weight is 294 g/mol. The monoisotopic (exact) mass is 294 g/mol. The van der Waals surface area contributed by atoms with Gasteiger partial charge in [-0.25, -0.2) is 4.68 Å². The molecule has 0 saturated carbocycles. The number of likely N-dealkylation sites (tertiary alicyclic amines) is 1. The number of rotatable bonds is 6. The molecule has 2 heterocycles. The second kappa shape index (κ2) is 7.72. The topological polar surface area (TPSA) is 106 Å². The van der Waals surface area contributed by atoms with Gasteiger partial charge in [-0.1, -0.05) is 5.21 Å². The van der Waals surface area contributed by atoms with Crippen LogP contribution in [-0.4, -0.2) is 51.3 Å². The fourth-order valence-corrected chi connectivity index (χ4v) is 2.32. The molecular weight excluding hydrogens is 272 g/mol. The zero-order valence-corrected chi connectivity index (χ0v) is 12.1. The molecule has 1 aromatic rings. The fourth-order valence-electron chi connectivity index (χ4n) is 2.32. The molecule has 0 atom stereocenters. The molecule has 0 bridgehead atoms. The Morgan fingerprint density at radius 3 is 2.71 bits per heavy atom. The van der Waals surface area contributed by atoms with Gasteiger partial charge in [0.15, 0.2) is 0 Å². The molecule has 1 aromatic heterocycles. The van der Waals surface area contributed by atoms with Gasteiger partial charge in [-0.2, -0.15) is 0 Å². The van der Waals surface area contributed by atoms with Crippen molar-refractivity contribution in [2.45, 2.75) is 38.8 Å². The maximum Gasteiger partial charge on any atom is 0.241 e. The minimum absolute atomic E-state index is 0.0882. The molecule has 0 aromatic carbocycles. The number of nitrogens with one attached hydrogen (secondary N) is 1. The minimum atomic E-state index is -0.185. The van der Waals surface area contributed by atoms with E-state index in [1.807, 2.05) is 4.90 Å². The van der Waals surface area contributed by atoms with Gasteiger partial charge >= 0.3 is 0 Å². The quantitative estimate of drug-likeness (QED) is 0.718. The molecule has 1 fully saturated rings. The normalized spacial score (nSPS) is 15.0. The highest BCUT2D eigenvalue weighted by molar-refractivity contribution is 5.79. The molecule has 8 nitrogen and oxygen atoms in total. The second-order valence-corrected chi connectivity index (χ2v) is 5.15. The average Bonchev–Trinajstić information content (AvgIpc) is 2.95. The molecule has 3 N–H and O–H groups in total. The van der Waals surface area contributed by atoms with Crippen LogP contribution in [-0.2, 0) is 22.7 Å². The first-order valence-corrected chi connectivity index (χ1v) is 7.32. The zero-order chi connectivity index (χ0) is 15.1. The van der Waals surface area contributed by atoms with E-state index in [9.17, 15) is 9.59 Å². The third-order valence-electron chi connectivity index (χ3n) is 3.47. The molecule has 0 aliphatic carbocycles. The van der Waals surface area contributed by atoms with Crippen LogP contribution < -0.4 is 11.1 Å². The van der Waals surface area contributed by atoms with Crippen molar-refractivity contribution in [3.05, 3.63) is 11.9 Å². The molecule has 1 aliphatic heterocycles. The van der Waals surface area contributed by atoms with Crippen molar-refractivity contribution in [2.75, 3.05) is 19.6 Å². The van der Waals surface area contributed by atoms with Crippen molar-refractivity contribution >= 4 is 11.8 Å². The first kappa shape index (κ1) is 15.4. The number of aromatic nitrogens is 3. The third-order valence-corrected chi connectivity index (χ3v) is 3.47. The molecular formula is C13H22N6O2. The van der Waals surface area contributed by atoms with E-state index < -0.39 is 0 Å². The van der Waals surface area contributed by atoms with Gasteiger partial charge in [-0.3, -0.25) is 9.59 Å². The van der Waals surface area contributed by atoms with Gasteiger partial charge in [-0.15, -0.1) is 5.10 Å². The number of amides is 2. The number of hydrogen-bond acceptors (Lipinski definition) is 5. The highest BCUT2D eigenvalue weighted by atomic mass is 16.2. The highest BCUT2D eigenvalue weighted by Crippen LogP contribution is 2.09. The van der Waals surface area contributed by atoms with E-state index >= 15 is 0 Å². The zero-order valence-electron chi connectivity index (χ0n) is 12.1. The third kappa shape index (κ3) is 4.82. The first-order chi connectivity index (χ1) is 10.2. The lowest BCUT2D eigenvalue weighted by atomic mass is 10.1. The van der Waals surface area contributed by atoms with Crippen LogP contribution >= 0.6 is 0 Å². The van der Waals surface area contributed by atoms with Crippen molar-refractivity contribution < 1.29 is 9.59 Å². The molecule has 0 radical (unpaired) electrons. The van der Waals surface area contributed by atoms with Gasteiger partial charge in [0.1, 0.15) is 6.54 Å². The fraction of sp³-hybridized carbons (Fsp3) is 0.692. The molecule has 116 valence electrons. The van der Waals surface area contributed by atoms with Gasteiger partial charge in [-0.05, 0) is 19.3 Å². The molecule has 0 unspecified atom stereocenters. The van der Waals surface area contributed by atoms with Gasteiger partial charge < -0.3 is 16.0 Å². The Labute approximate surface area is 123 Å². The van der Waals surface area contributed by atoms with Crippen LogP contribution in [0, 0.1) is 0 Å². The Kier molecular flexibility index (Phi) is 5.68. The van der Waals surface area contributed by atoms with Crippen LogP contribution in [0.4, 0.5) is 0 Å². The lowest BCUT2D eigenvalue weighted by Gasteiger charge is -2.26. The van der Waals surface area contributed by atoms with Gasteiger partial charge in [0.2, 0.25) is 11.8 Å². The summed E-state index contributed by atoms with van der Waals surface area (Å²) < 4.78 is 1.43. The van der Waals surface area contributed by atoms with Crippen molar-refractivity contribution in [2.24, 2.45) is 5.73 Å². The summed E-state index contributed by atoms with van der Waals surface area (Å²) >= 11 is 0. The summed E-state index contributed by atoms with van der Waals surface area (Å²) in [6, 6.07) is 0. The van der Waals surface area contributed by atoms with Crippen LogP contribution in [0.1, 0.15) is 31.4 Å². The van der Waals surface area contributed by atoms with Crippen LogP contribution in [0.25, 0.3) is 0 Å². The summed E-state index contributed by atoms with van der Waals surface area (Å²) in [6.45, 7) is 2.42. The van der Waals surface area contributed by atoms with Crippen molar-refractivity contribution in [3.8, 4) is 0 Å². The minimum Gasteiger partial charge on any atom is -0.354 e. The number of carbonyl (C=O) groups excluding carboxylic acids is 2. The van der Waals surface area contributed by atoms with Crippen molar-refractivity contribution in [1.29, 1.82) is 0 Å². The molecule has 2 amide bonds. The Morgan fingerprint density at radius 2 is 2.05 bits per heavy atom. The maximum absolute atomic E-state index is 11.9. The molecule has 1 aliphatic rings. The van der Waals surface area contributed by atoms with Crippen molar-refractivity contribution in [1.82, 2.24) is 25.2 Å². The van der Waals surface area contributed by atoms with E-state index in [0.717, 1.165) is 25.9 Å². The van der Waals surface area contributed by atoms with Crippen LogP contribution in [0.15, 0.2) is 6.20 Å². The van der Waals surface area contributed by atoms with Crippen molar-refractivity contribution in [3.63, 3.8) is 0 Å². The summed E-state index contributed by atoms with van der Waals surface area (Å²) in [5.74, 6) is -0.0731. The summed E-state index contributed by atoms with van der Waals surface area (Å²) in [5.41, 5.74) is 6.06. The number of nitrogens with zero attached hydrogens (tertiary/aromatic N) is 4. The van der Waals surface area contributed by atoms with Gasteiger partial charge in [0.25, 0.3) is 0 Å². The molecule has 8 heteroatoms. The summed E-state index contributed by atoms with van der Waals surface area (Å²) in [4.78, 5) is 25.5. The largest absolute Gasteiger partial charge is 0.354 e. The maximum atomic E-state index is 11.9. The predicted octanol–water partition coefficient (Wildman–Crippen LogP) is -0.744. The second-order valence-electron chi connectivity index (χ2n) is 5.15. The van der Waals surface area contributed by atoms with Crippen LogP contribution in [0.2, 0.25) is 0 Å². The van der Waals surface area contributed by atoms with E-state index in [-0.39, 0.29) is 18.4 Å². The lowest BCUT2D eigenvalue weighted by Crippen LogP contribution is -2.38. The summed E-state index contributed by atoms with van der Waals surface area (Å²) in [7, 11) is 0. The number of nitrogens with two attached hydrogens (primary N) is 1. The van der Waals surface area contributed by atoms with Crippen LogP contribution in [0.3, 0.4) is 0 Å². The molecule has 0 spiro atoms. The smallest absolute Gasteiger partial charge is 0.241 e. The summed E-state index contributed by atoms with van der Waals surface area (Å²) in [5, 5.41) is 10.3. The van der Waals surface area contributed by atoms with Gasteiger partial charge in [0.05, 0.1) is 11.9 Å². The Balaban J connectivity index is 1.65. The van der Waals surface area contributed by atoms with Gasteiger partial charge in [0, 0.05) is 32.6 Å². The van der Waals surface area contributed by atoms with E-state index in [2.05, 4.69) is 15.6 Å². The molecule has 1 saturated heterocycles. The Bertz CT molecular complexity index is 481. The SMILES string of the molecule is NCc1cn(CC(=O)NCCC(=O)N2CCCCC2)nn1. The van der Waals surface area contributed by atoms with E-state index in [1.54, 1.807) is 6.20 Å². The van der Waals surface area contributed by atoms with E-state index in [0.29, 0.717) is 25.2 Å². The predicted molar refractivity (Wildman–Crippen MR) is 76.0 cm³/mol. The molecule has 2 rings (SSSR count). The van der Waals surface area contributed by atoms with Crippen LogP contribution in [0.5, 0.6) is 0 Å².